The summed E-state index contributed by atoms with van der Waals surface area (Å²) in [5.74, 6) is -0.147. The number of halogens is 1. The molecule has 0 aromatic heterocycles. The van der Waals surface area contributed by atoms with Gasteiger partial charge >= 0.3 is 0 Å². The van der Waals surface area contributed by atoms with Crippen molar-refractivity contribution in [3.05, 3.63) is 71.7 Å². The van der Waals surface area contributed by atoms with Gasteiger partial charge in [0.25, 0.3) is 0 Å². The van der Waals surface area contributed by atoms with E-state index in [1.165, 1.54) is 11.8 Å². The van der Waals surface area contributed by atoms with Crippen LogP contribution in [0.15, 0.2) is 60.4 Å². The lowest BCUT2D eigenvalue weighted by Gasteiger charge is -2.02. The van der Waals surface area contributed by atoms with Gasteiger partial charge in [-0.3, -0.25) is 0 Å². The Morgan fingerprint density at radius 2 is 1.57 bits per heavy atom. The normalized spacial score (nSPS) is 11.5. The summed E-state index contributed by atoms with van der Waals surface area (Å²) in [6, 6.07) is 15.1. The van der Waals surface area contributed by atoms with Crippen LogP contribution in [-0.2, 0) is 0 Å². The molecule has 0 radical (unpaired) electrons. The first-order chi connectivity index (χ1) is 10.2. The molecule has 0 amide bonds. The van der Waals surface area contributed by atoms with Crippen LogP contribution in [0, 0.1) is 12.7 Å². The molecule has 2 aromatic rings. The highest BCUT2D eigenvalue weighted by Gasteiger charge is 2.08. The van der Waals surface area contributed by atoms with E-state index in [0.29, 0.717) is 5.56 Å². The van der Waals surface area contributed by atoms with Crippen LogP contribution in [0.3, 0.4) is 0 Å². The Bertz CT molecular complexity index is 567. The lowest BCUT2D eigenvalue weighted by atomic mass is 10.0. The maximum atomic E-state index is 13.3. The first-order valence-corrected chi connectivity index (χ1v) is 7.34. The molecule has 112 valence electrons. The summed E-state index contributed by atoms with van der Waals surface area (Å²) < 4.78 is 13.3. The third-order valence-electron chi connectivity index (χ3n) is 3.00. The first kappa shape index (κ1) is 17.0. The molecule has 1 saturated carbocycles. The van der Waals surface area contributed by atoms with Gasteiger partial charge in [0.15, 0.2) is 0 Å². The van der Waals surface area contributed by atoms with E-state index in [4.69, 9.17) is 5.11 Å². The zero-order valence-corrected chi connectivity index (χ0v) is 12.9. The molecule has 21 heavy (non-hydrogen) atoms. The molecule has 1 nitrogen and oxygen atoms in total. The predicted octanol–water partition coefficient (Wildman–Crippen LogP) is 6.05. The van der Waals surface area contributed by atoms with Crippen LogP contribution in [0.4, 0.5) is 4.39 Å². The summed E-state index contributed by atoms with van der Waals surface area (Å²) in [7, 11) is 0. The molecule has 0 saturated heterocycles. The maximum Gasteiger partial charge on any atom is 0.126 e. The van der Waals surface area contributed by atoms with Gasteiger partial charge in [0.1, 0.15) is 5.82 Å². The van der Waals surface area contributed by atoms with E-state index in [-0.39, 0.29) is 5.82 Å². The number of rotatable bonds is 1. The van der Waals surface area contributed by atoms with Crippen LogP contribution < -0.4 is 0 Å². The van der Waals surface area contributed by atoms with Gasteiger partial charge in [-0.25, -0.2) is 4.39 Å². The van der Waals surface area contributed by atoms with Crippen molar-refractivity contribution in [3.63, 3.8) is 0 Å². The fourth-order valence-electron chi connectivity index (χ4n) is 1.60. The quantitative estimate of drug-likeness (QED) is 0.633. The number of hydrogen-bond donors (Lipinski definition) is 1. The van der Waals surface area contributed by atoms with Crippen LogP contribution in [0.1, 0.15) is 32.3 Å². The molecule has 1 aliphatic carbocycles. The fraction of sp³-hybridized carbons (Fsp3) is 0.263. The summed E-state index contributed by atoms with van der Waals surface area (Å²) in [5.41, 5.74) is 3.84. The Morgan fingerprint density at radius 3 is 2.00 bits per heavy atom. The highest BCUT2D eigenvalue weighted by Crippen LogP contribution is 2.25. The van der Waals surface area contributed by atoms with Crippen molar-refractivity contribution in [2.24, 2.45) is 0 Å². The number of aliphatic hydroxyl groups is 1. The van der Waals surface area contributed by atoms with Crippen molar-refractivity contribution in [1.82, 2.24) is 0 Å². The lowest BCUT2D eigenvalue weighted by molar-refractivity contribution is 0.471. The number of aryl methyl sites for hydroxylation is 1. The van der Waals surface area contributed by atoms with Gasteiger partial charge in [0, 0.05) is 0 Å². The third kappa shape index (κ3) is 5.82. The minimum Gasteiger partial charge on any atom is -0.516 e. The minimum absolute atomic E-state index is 0.147. The molecule has 0 heterocycles. The number of allylic oxidation sites excluding steroid dienone is 1. The molecule has 0 spiro atoms. The van der Waals surface area contributed by atoms with Crippen molar-refractivity contribution >= 4 is 0 Å². The molecule has 0 atom stereocenters. The fourth-order valence-corrected chi connectivity index (χ4v) is 1.60. The highest BCUT2D eigenvalue weighted by atomic mass is 19.1. The average Bonchev–Trinajstić information content (AvgIpc) is 3.38. The van der Waals surface area contributed by atoms with Crippen molar-refractivity contribution in [3.8, 4) is 11.1 Å². The van der Waals surface area contributed by atoms with E-state index in [0.717, 1.165) is 24.0 Å². The predicted molar refractivity (Wildman–Crippen MR) is 87.9 cm³/mol. The number of aliphatic hydroxyl groups excluding tert-OH is 1. The molecule has 0 unspecified atom stereocenters. The van der Waals surface area contributed by atoms with Crippen LogP contribution in [0.2, 0.25) is 0 Å². The second-order valence-electron chi connectivity index (χ2n) is 4.62. The van der Waals surface area contributed by atoms with E-state index in [2.05, 4.69) is 0 Å². The Balaban J connectivity index is 0.000000263. The average molecular weight is 286 g/mol. The molecule has 0 bridgehead atoms. The van der Waals surface area contributed by atoms with E-state index < -0.39 is 0 Å². The smallest absolute Gasteiger partial charge is 0.126 e. The van der Waals surface area contributed by atoms with E-state index in [9.17, 15) is 4.39 Å². The van der Waals surface area contributed by atoms with E-state index >= 15 is 0 Å². The summed E-state index contributed by atoms with van der Waals surface area (Å²) in [4.78, 5) is 0. The Labute approximate surface area is 126 Å². The second kappa shape index (κ2) is 8.96. The zero-order valence-electron chi connectivity index (χ0n) is 12.9. The van der Waals surface area contributed by atoms with E-state index in [1.807, 2.05) is 50.2 Å². The first-order valence-electron chi connectivity index (χ1n) is 7.34. The van der Waals surface area contributed by atoms with Crippen LogP contribution in [-0.4, -0.2) is 5.11 Å². The van der Waals surface area contributed by atoms with Crippen molar-refractivity contribution in [2.75, 3.05) is 0 Å². The van der Waals surface area contributed by atoms with Crippen molar-refractivity contribution in [1.29, 1.82) is 0 Å². The SMILES string of the molecule is CC.Cc1ccc(-c2ccccc2)cc1F.OC=C1CC1. The standard InChI is InChI=1S/C13H11F.C4H6O.C2H6/c1-10-7-8-12(9-13(10)14)11-5-3-2-4-6-11;5-3-4-1-2-4;1-2/h2-9H,1H3;3,5H,1-2H2;1-2H3. The largest absolute Gasteiger partial charge is 0.516 e. The highest BCUT2D eigenvalue weighted by molar-refractivity contribution is 5.63. The molecule has 2 aromatic carbocycles. The Kier molecular flexibility index (Phi) is 7.24. The van der Waals surface area contributed by atoms with Crippen molar-refractivity contribution in [2.45, 2.75) is 33.6 Å². The van der Waals surface area contributed by atoms with Crippen LogP contribution >= 0.6 is 0 Å². The van der Waals surface area contributed by atoms with Crippen LogP contribution in [0.5, 0.6) is 0 Å². The molecule has 1 aliphatic rings. The second-order valence-corrected chi connectivity index (χ2v) is 4.62. The van der Waals surface area contributed by atoms with Gasteiger partial charge in [0.05, 0.1) is 6.26 Å². The summed E-state index contributed by atoms with van der Waals surface area (Å²) in [5, 5.41) is 8.04. The Morgan fingerprint density at radius 1 is 0.952 bits per heavy atom. The van der Waals surface area contributed by atoms with Gasteiger partial charge in [-0.1, -0.05) is 56.3 Å². The molecule has 1 fully saturated rings. The maximum absolute atomic E-state index is 13.3. The third-order valence-corrected chi connectivity index (χ3v) is 3.00. The zero-order chi connectivity index (χ0) is 15.7. The summed E-state index contributed by atoms with van der Waals surface area (Å²) >= 11 is 0. The molecular weight excluding hydrogens is 263 g/mol. The van der Waals surface area contributed by atoms with Crippen LogP contribution in [0.25, 0.3) is 11.1 Å². The van der Waals surface area contributed by atoms with Crippen molar-refractivity contribution < 1.29 is 9.50 Å². The molecule has 0 aliphatic heterocycles. The summed E-state index contributed by atoms with van der Waals surface area (Å²) in [6.07, 6.45) is 3.44. The molecule has 1 N–H and O–H groups in total. The molecule has 3 rings (SSSR count). The molecule has 2 heteroatoms. The van der Waals surface area contributed by atoms with Gasteiger partial charge in [-0.15, -0.1) is 0 Å². The van der Waals surface area contributed by atoms with Gasteiger partial charge in [0.2, 0.25) is 0 Å². The minimum atomic E-state index is -0.147. The topological polar surface area (TPSA) is 20.2 Å². The van der Waals surface area contributed by atoms with Gasteiger partial charge < -0.3 is 5.11 Å². The van der Waals surface area contributed by atoms with E-state index in [1.54, 1.807) is 19.1 Å². The summed E-state index contributed by atoms with van der Waals surface area (Å²) in [6.45, 7) is 5.77. The monoisotopic (exact) mass is 286 g/mol. The van der Waals surface area contributed by atoms with Gasteiger partial charge in [-0.2, -0.15) is 0 Å². The lowest BCUT2D eigenvalue weighted by Crippen LogP contribution is -1.83. The number of hydrogen-bond acceptors (Lipinski definition) is 1. The Hall–Kier alpha value is -2.09. The number of benzene rings is 2. The van der Waals surface area contributed by atoms with Gasteiger partial charge in [-0.05, 0) is 48.1 Å². The molecular formula is C19H23FO.